The number of halogens is 1. The second-order valence-corrected chi connectivity index (χ2v) is 8.84. The maximum absolute atomic E-state index is 13.4. The van der Waals surface area contributed by atoms with E-state index >= 15 is 0 Å². The lowest BCUT2D eigenvalue weighted by Crippen LogP contribution is -2.36. The zero-order valence-corrected chi connectivity index (χ0v) is 17.3. The van der Waals surface area contributed by atoms with Gasteiger partial charge in [-0.2, -0.15) is 0 Å². The van der Waals surface area contributed by atoms with Crippen LogP contribution in [0.5, 0.6) is 0 Å². The summed E-state index contributed by atoms with van der Waals surface area (Å²) in [4.78, 5) is 21.8. The lowest BCUT2D eigenvalue weighted by atomic mass is 9.86. The number of Topliss-reactive ketones (excluding diaryl/α,β-unsaturated/α-hetero) is 1. The quantitative estimate of drug-likeness (QED) is 0.472. The Kier molecular flexibility index (Phi) is 3.90. The Hall–Kier alpha value is -2.32. The third kappa shape index (κ3) is 2.66. The Morgan fingerprint density at radius 3 is 2.70 bits per heavy atom. The molecule has 0 N–H and O–H groups in total. The molecule has 0 unspecified atom stereocenters. The second kappa shape index (κ2) is 6.34. The van der Waals surface area contributed by atoms with Crippen LogP contribution in [0.25, 0.3) is 11.0 Å². The van der Waals surface area contributed by atoms with Gasteiger partial charge in [0, 0.05) is 11.8 Å². The molecule has 2 fully saturated rings. The first kappa shape index (κ1) is 18.4. The van der Waals surface area contributed by atoms with Crippen LogP contribution >= 0.6 is 11.6 Å². The number of hydrogen-bond acceptors (Lipinski definition) is 6. The Morgan fingerprint density at radius 2 is 1.93 bits per heavy atom. The number of benzene rings is 1. The number of rotatable bonds is 3. The first-order chi connectivity index (χ1) is 14.4. The summed E-state index contributed by atoms with van der Waals surface area (Å²) < 4.78 is 20.4. The minimum absolute atomic E-state index is 0.0902. The minimum atomic E-state index is -0.814. The molecule has 7 nitrogen and oxygen atoms in total. The fourth-order valence-electron chi connectivity index (χ4n) is 4.67. The number of carbonyl (C=O) groups excluding carboxylic acids is 1. The topological polar surface area (TPSA) is 75.5 Å². The number of aryl methyl sites for hydroxylation is 2. The summed E-state index contributed by atoms with van der Waals surface area (Å²) in [7, 11) is 0. The van der Waals surface area contributed by atoms with Gasteiger partial charge in [-0.25, -0.2) is 9.97 Å². The van der Waals surface area contributed by atoms with Crippen molar-refractivity contribution in [3.05, 3.63) is 58.6 Å². The van der Waals surface area contributed by atoms with E-state index in [4.69, 9.17) is 25.8 Å². The van der Waals surface area contributed by atoms with Crippen molar-refractivity contribution in [3.8, 4) is 0 Å². The van der Waals surface area contributed by atoms with Gasteiger partial charge in [0.1, 0.15) is 29.3 Å². The van der Waals surface area contributed by atoms with Crippen LogP contribution in [0.3, 0.4) is 0 Å². The van der Waals surface area contributed by atoms with Gasteiger partial charge in [-0.05, 0) is 49.9 Å². The van der Waals surface area contributed by atoms with Crippen LogP contribution < -0.4 is 0 Å². The lowest BCUT2D eigenvalue weighted by Gasteiger charge is -2.25. The highest BCUT2D eigenvalue weighted by Crippen LogP contribution is 2.45. The summed E-state index contributed by atoms with van der Waals surface area (Å²) in [6.07, 6.45) is 3.03. The molecule has 0 spiro atoms. The molecule has 3 aliphatic rings. The molecule has 3 aromatic rings. The summed E-state index contributed by atoms with van der Waals surface area (Å²) in [6, 6.07) is 7.73. The Bertz CT molecular complexity index is 1190. The monoisotopic (exact) mass is 425 g/mol. The molecule has 0 saturated carbocycles. The van der Waals surface area contributed by atoms with Gasteiger partial charge in [0.05, 0.1) is 5.39 Å². The van der Waals surface area contributed by atoms with Gasteiger partial charge in [-0.3, -0.25) is 4.79 Å². The highest BCUT2D eigenvalue weighted by atomic mass is 35.5. The number of carbonyl (C=O) groups is 1. The van der Waals surface area contributed by atoms with Crippen molar-refractivity contribution in [1.29, 1.82) is 0 Å². The van der Waals surface area contributed by atoms with Crippen LogP contribution in [0.1, 0.15) is 41.6 Å². The molecule has 4 heterocycles. The molecule has 0 amide bonds. The van der Waals surface area contributed by atoms with Crippen LogP contribution in [0, 0.1) is 0 Å². The first-order valence-corrected chi connectivity index (χ1v) is 10.4. The van der Waals surface area contributed by atoms with Crippen LogP contribution in [0.15, 0.2) is 36.8 Å². The summed E-state index contributed by atoms with van der Waals surface area (Å²) >= 11 is 6.21. The molecule has 8 heteroatoms. The third-order valence-corrected chi connectivity index (χ3v) is 6.48. The molecule has 2 aliphatic heterocycles. The van der Waals surface area contributed by atoms with Crippen LogP contribution in [-0.4, -0.2) is 44.4 Å². The number of hydrogen-bond donors (Lipinski definition) is 0. The maximum atomic E-state index is 13.4. The summed E-state index contributed by atoms with van der Waals surface area (Å²) in [6.45, 7) is 3.70. The Morgan fingerprint density at radius 1 is 1.13 bits per heavy atom. The van der Waals surface area contributed by atoms with Crippen LogP contribution in [-0.2, 0) is 27.1 Å². The smallest absolute Gasteiger partial charge is 0.194 e. The van der Waals surface area contributed by atoms with Crippen molar-refractivity contribution in [2.75, 3.05) is 0 Å². The summed E-state index contributed by atoms with van der Waals surface area (Å²) in [5.41, 5.74) is 3.82. The van der Waals surface area contributed by atoms with E-state index in [0.717, 1.165) is 18.2 Å². The molecule has 1 aromatic carbocycles. The molecule has 154 valence electrons. The van der Waals surface area contributed by atoms with E-state index in [9.17, 15) is 4.79 Å². The van der Waals surface area contributed by atoms with Gasteiger partial charge in [-0.15, -0.1) is 0 Å². The molecule has 2 saturated heterocycles. The van der Waals surface area contributed by atoms with Crippen LogP contribution in [0.2, 0.25) is 5.15 Å². The number of nitrogens with zero attached hydrogens (tertiary/aromatic N) is 3. The molecule has 4 atom stereocenters. The highest BCUT2D eigenvalue weighted by Gasteiger charge is 2.58. The van der Waals surface area contributed by atoms with Gasteiger partial charge in [-0.1, -0.05) is 23.7 Å². The molecule has 0 radical (unpaired) electrons. The molecular weight excluding hydrogens is 406 g/mol. The zero-order chi connectivity index (χ0) is 20.6. The lowest BCUT2D eigenvalue weighted by molar-refractivity contribution is -0.190. The van der Waals surface area contributed by atoms with Gasteiger partial charge in [0.25, 0.3) is 0 Å². The average Bonchev–Trinajstić information content (AvgIpc) is 3.33. The SMILES string of the molecule is CC1(C)O[C@@H]2[C@H](O1)[C@@H](C(=O)c1ccc3c(c1)CC3)O[C@H]2n1ccc2c(Cl)ncnc21. The minimum Gasteiger partial charge on any atom is -0.341 e. The van der Waals surface area contributed by atoms with E-state index in [0.29, 0.717) is 16.4 Å². The molecule has 2 aromatic heterocycles. The molecule has 0 bridgehead atoms. The molecule has 1 aliphatic carbocycles. The van der Waals surface area contributed by atoms with E-state index in [1.54, 1.807) is 0 Å². The standard InChI is InChI=1S/C22H20ClN3O4/c1-22(2)29-17-16(15(27)13-6-4-11-3-5-12(11)9-13)28-21(18(17)30-22)26-8-7-14-19(23)24-10-25-20(14)26/h4,6-10,16-18,21H,3,5H2,1-2H3/t16-,17-,18-,21-/m1/s1. The largest absolute Gasteiger partial charge is 0.341 e. The number of fused-ring (bicyclic) bond motifs is 3. The van der Waals surface area contributed by atoms with Crippen LogP contribution in [0.4, 0.5) is 0 Å². The molecule has 30 heavy (non-hydrogen) atoms. The van der Waals surface area contributed by atoms with E-state index < -0.39 is 30.3 Å². The fourth-order valence-corrected chi connectivity index (χ4v) is 4.86. The average molecular weight is 426 g/mol. The van der Waals surface area contributed by atoms with Crippen molar-refractivity contribution in [1.82, 2.24) is 14.5 Å². The third-order valence-electron chi connectivity index (χ3n) is 6.18. The fraction of sp³-hybridized carbons (Fsp3) is 0.409. The number of aromatic nitrogens is 3. The Labute approximate surface area is 177 Å². The molecular formula is C22H20ClN3O4. The molecule has 6 rings (SSSR count). The predicted molar refractivity (Wildman–Crippen MR) is 108 cm³/mol. The Balaban J connectivity index is 1.39. The zero-order valence-electron chi connectivity index (χ0n) is 16.5. The number of ketones is 1. The van der Waals surface area contributed by atoms with Crippen molar-refractivity contribution in [3.63, 3.8) is 0 Å². The maximum Gasteiger partial charge on any atom is 0.194 e. The van der Waals surface area contributed by atoms with Gasteiger partial charge in [0.15, 0.2) is 23.9 Å². The van der Waals surface area contributed by atoms with E-state index in [2.05, 4.69) is 9.97 Å². The van der Waals surface area contributed by atoms with E-state index in [1.165, 1.54) is 17.5 Å². The second-order valence-electron chi connectivity index (χ2n) is 8.48. The first-order valence-electron chi connectivity index (χ1n) is 10.1. The van der Waals surface area contributed by atoms with Gasteiger partial charge >= 0.3 is 0 Å². The highest BCUT2D eigenvalue weighted by molar-refractivity contribution is 6.33. The van der Waals surface area contributed by atoms with Crippen molar-refractivity contribution in [2.24, 2.45) is 0 Å². The van der Waals surface area contributed by atoms with Crippen molar-refractivity contribution < 1.29 is 19.0 Å². The summed E-state index contributed by atoms with van der Waals surface area (Å²) in [5.74, 6) is -0.904. The van der Waals surface area contributed by atoms with Gasteiger partial charge in [0.2, 0.25) is 0 Å². The predicted octanol–water partition coefficient (Wildman–Crippen LogP) is 3.48. The summed E-state index contributed by atoms with van der Waals surface area (Å²) in [5, 5.41) is 1.08. The normalized spacial score (nSPS) is 28.9. The van der Waals surface area contributed by atoms with Crippen molar-refractivity contribution in [2.45, 2.75) is 57.0 Å². The van der Waals surface area contributed by atoms with E-state index in [1.807, 2.05) is 48.9 Å². The van der Waals surface area contributed by atoms with Crippen molar-refractivity contribution >= 4 is 28.4 Å². The van der Waals surface area contributed by atoms with E-state index in [-0.39, 0.29) is 5.78 Å². The number of ether oxygens (including phenoxy) is 3. The van der Waals surface area contributed by atoms with Gasteiger partial charge < -0.3 is 18.8 Å².